The van der Waals surface area contributed by atoms with Gasteiger partial charge < -0.3 is 10.1 Å². The minimum Gasteiger partial charge on any atom is -0.490 e. The number of carbonyl (C=O) groups is 1. The average molecular weight is 344 g/mol. The molecule has 7 heteroatoms. The SMILES string of the molecule is Cc1ccc(CNC(=O)Cn2ncn(C)c2=O)c(OC2CCCC2)c1. The maximum atomic E-state index is 12.1. The van der Waals surface area contributed by atoms with Crippen LogP contribution in [0.5, 0.6) is 5.75 Å². The highest BCUT2D eigenvalue weighted by molar-refractivity contribution is 5.75. The summed E-state index contributed by atoms with van der Waals surface area (Å²) >= 11 is 0. The van der Waals surface area contributed by atoms with Gasteiger partial charge in [-0.2, -0.15) is 5.10 Å². The molecule has 0 unspecified atom stereocenters. The van der Waals surface area contributed by atoms with Crippen molar-refractivity contribution < 1.29 is 9.53 Å². The number of benzene rings is 1. The molecule has 134 valence electrons. The molecule has 1 N–H and O–H groups in total. The predicted molar refractivity (Wildman–Crippen MR) is 93.4 cm³/mol. The number of nitrogens with zero attached hydrogens (tertiary/aromatic N) is 3. The van der Waals surface area contributed by atoms with E-state index in [1.807, 2.05) is 25.1 Å². The van der Waals surface area contributed by atoms with Gasteiger partial charge in [0.25, 0.3) is 0 Å². The third-order valence-electron chi connectivity index (χ3n) is 4.47. The number of hydrogen-bond donors (Lipinski definition) is 1. The second-order valence-electron chi connectivity index (χ2n) is 6.59. The maximum Gasteiger partial charge on any atom is 0.345 e. The molecule has 0 aliphatic heterocycles. The van der Waals surface area contributed by atoms with Crippen molar-refractivity contribution in [3.63, 3.8) is 0 Å². The van der Waals surface area contributed by atoms with E-state index in [0.717, 1.165) is 34.4 Å². The average Bonchev–Trinajstić information content (AvgIpc) is 3.20. The van der Waals surface area contributed by atoms with Crippen LogP contribution in [0, 0.1) is 6.92 Å². The number of aryl methyl sites for hydroxylation is 2. The number of nitrogens with one attached hydrogen (secondary N) is 1. The third-order valence-corrected chi connectivity index (χ3v) is 4.47. The van der Waals surface area contributed by atoms with Crippen molar-refractivity contribution in [3.05, 3.63) is 46.1 Å². The molecule has 1 heterocycles. The van der Waals surface area contributed by atoms with E-state index < -0.39 is 0 Å². The normalized spacial score (nSPS) is 14.6. The van der Waals surface area contributed by atoms with Crippen molar-refractivity contribution in [1.29, 1.82) is 0 Å². The summed E-state index contributed by atoms with van der Waals surface area (Å²) in [5.41, 5.74) is 1.76. The van der Waals surface area contributed by atoms with Crippen LogP contribution in [-0.4, -0.2) is 26.4 Å². The Bertz CT molecular complexity index is 803. The van der Waals surface area contributed by atoms with Crippen LogP contribution in [0.1, 0.15) is 36.8 Å². The fraction of sp³-hybridized carbons (Fsp3) is 0.500. The highest BCUT2D eigenvalue weighted by atomic mass is 16.5. The zero-order valence-corrected chi connectivity index (χ0v) is 14.7. The smallest absolute Gasteiger partial charge is 0.345 e. The third kappa shape index (κ3) is 4.29. The van der Waals surface area contributed by atoms with E-state index in [1.165, 1.54) is 23.7 Å². The summed E-state index contributed by atoms with van der Waals surface area (Å²) in [4.78, 5) is 23.8. The topological polar surface area (TPSA) is 78.2 Å². The van der Waals surface area contributed by atoms with E-state index in [-0.39, 0.29) is 24.2 Å². The van der Waals surface area contributed by atoms with Crippen LogP contribution in [0.4, 0.5) is 0 Å². The maximum absolute atomic E-state index is 12.1. The zero-order chi connectivity index (χ0) is 17.8. The number of amides is 1. The number of ether oxygens (including phenoxy) is 1. The molecular weight excluding hydrogens is 320 g/mol. The van der Waals surface area contributed by atoms with Gasteiger partial charge in [0, 0.05) is 19.2 Å². The Morgan fingerprint density at radius 1 is 1.36 bits per heavy atom. The van der Waals surface area contributed by atoms with Crippen LogP contribution in [0.25, 0.3) is 0 Å². The van der Waals surface area contributed by atoms with E-state index in [0.29, 0.717) is 6.54 Å². The number of aromatic nitrogens is 3. The van der Waals surface area contributed by atoms with Crippen LogP contribution in [0.2, 0.25) is 0 Å². The molecule has 7 nitrogen and oxygen atoms in total. The van der Waals surface area contributed by atoms with Crippen LogP contribution >= 0.6 is 0 Å². The van der Waals surface area contributed by atoms with Crippen molar-refractivity contribution in [2.75, 3.05) is 0 Å². The Balaban J connectivity index is 1.62. The van der Waals surface area contributed by atoms with Gasteiger partial charge >= 0.3 is 5.69 Å². The van der Waals surface area contributed by atoms with Gasteiger partial charge in [-0.05, 0) is 44.2 Å². The van der Waals surface area contributed by atoms with E-state index >= 15 is 0 Å². The minimum absolute atomic E-state index is 0.0929. The second kappa shape index (κ2) is 7.55. The van der Waals surface area contributed by atoms with Crippen LogP contribution < -0.4 is 15.7 Å². The first kappa shape index (κ1) is 17.3. The Kier molecular flexibility index (Phi) is 5.21. The lowest BCUT2D eigenvalue weighted by molar-refractivity contribution is -0.122. The Morgan fingerprint density at radius 3 is 2.80 bits per heavy atom. The van der Waals surface area contributed by atoms with Crippen LogP contribution in [0.3, 0.4) is 0 Å². The summed E-state index contributed by atoms with van der Waals surface area (Å²) in [6.07, 6.45) is 6.25. The predicted octanol–water partition coefficient (Wildman–Crippen LogP) is 1.53. The van der Waals surface area contributed by atoms with Crippen molar-refractivity contribution in [2.24, 2.45) is 7.05 Å². The van der Waals surface area contributed by atoms with Gasteiger partial charge in [-0.15, -0.1) is 0 Å². The molecule has 1 amide bonds. The lowest BCUT2D eigenvalue weighted by Crippen LogP contribution is -2.33. The number of hydrogen-bond acceptors (Lipinski definition) is 4. The van der Waals surface area contributed by atoms with Gasteiger partial charge in [0.05, 0.1) is 6.10 Å². The van der Waals surface area contributed by atoms with Gasteiger partial charge in [0.2, 0.25) is 5.91 Å². The zero-order valence-electron chi connectivity index (χ0n) is 14.7. The monoisotopic (exact) mass is 344 g/mol. The molecule has 0 bridgehead atoms. The molecule has 2 aromatic rings. The highest BCUT2D eigenvalue weighted by Crippen LogP contribution is 2.27. The molecule has 0 saturated heterocycles. The molecule has 1 aromatic carbocycles. The summed E-state index contributed by atoms with van der Waals surface area (Å²) < 4.78 is 8.61. The minimum atomic E-state index is -0.309. The highest BCUT2D eigenvalue weighted by Gasteiger charge is 2.18. The van der Waals surface area contributed by atoms with Gasteiger partial charge in [-0.3, -0.25) is 9.36 Å². The van der Waals surface area contributed by atoms with Crippen molar-refractivity contribution in [2.45, 2.75) is 51.8 Å². The van der Waals surface area contributed by atoms with Gasteiger partial charge in [-0.25, -0.2) is 9.48 Å². The van der Waals surface area contributed by atoms with Crippen LogP contribution in [0.15, 0.2) is 29.3 Å². The summed E-state index contributed by atoms with van der Waals surface area (Å²) in [7, 11) is 1.60. The van der Waals surface area contributed by atoms with Crippen LogP contribution in [-0.2, 0) is 24.9 Å². The van der Waals surface area contributed by atoms with E-state index in [2.05, 4.69) is 10.4 Å². The Hall–Kier alpha value is -2.57. The molecular formula is C18H24N4O3. The van der Waals surface area contributed by atoms with Crippen molar-refractivity contribution in [3.8, 4) is 5.75 Å². The molecule has 1 saturated carbocycles. The standard InChI is InChI=1S/C18H24N4O3/c1-13-7-8-14(16(9-13)25-15-5-3-4-6-15)10-19-17(23)11-22-18(24)21(2)12-20-22/h7-9,12,15H,3-6,10-11H2,1-2H3,(H,19,23). The molecule has 1 fully saturated rings. The first-order valence-electron chi connectivity index (χ1n) is 8.64. The van der Waals surface area contributed by atoms with E-state index in [4.69, 9.17) is 4.74 Å². The molecule has 0 spiro atoms. The van der Waals surface area contributed by atoms with Gasteiger partial charge in [0.1, 0.15) is 18.6 Å². The number of rotatable bonds is 6. The summed E-state index contributed by atoms with van der Waals surface area (Å²) in [5.74, 6) is 0.579. The Morgan fingerprint density at radius 2 is 2.12 bits per heavy atom. The molecule has 1 aromatic heterocycles. The quantitative estimate of drug-likeness (QED) is 0.862. The largest absolute Gasteiger partial charge is 0.490 e. The first-order chi connectivity index (χ1) is 12.0. The first-order valence-corrected chi connectivity index (χ1v) is 8.64. The van der Waals surface area contributed by atoms with Crippen molar-refractivity contribution in [1.82, 2.24) is 19.7 Å². The molecule has 1 aliphatic rings. The molecule has 0 radical (unpaired) electrons. The number of carbonyl (C=O) groups excluding carboxylic acids is 1. The Labute approximate surface area is 146 Å². The summed E-state index contributed by atoms with van der Waals surface area (Å²) in [5, 5.41) is 6.73. The van der Waals surface area contributed by atoms with Gasteiger partial charge in [-0.1, -0.05) is 12.1 Å². The fourth-order valence-electron chi connectivity index (χ4n) is 3.02. The second-order valence-corrected chi connectivity index (χ2v) is 6.59. The van der Waals surface area contributed by atoms with E-state index in [9.17, 15) is 9.59 Å². The summed E-state index contributed by atoms with van der Waals surface area (Å²) in [6.45, 7) is 2.30. The molecule has 3 rings (SSSR count). The lowest BCUT2D eigenvalue weighted by atomic mass is 10.1. The molecule has 1 aliphatic carbocycles. The lowest BCUT2D eigenvalue weighted by Gasteiger charge is -2.17. The van der Waals surface area contributed by atoms with Gasteiger partial charge in [0.15, 0.2) is 0 Å². The fourth-order valence-corrected chi connectivity index (χ4v) is 3.02. The van der Waals surface area contributed by atoms with E-state index in [1.54, 1.807) is 7.05 Å². The summed E-state index contributed by atoms with van der Waals surface area (Å²) in [6, 6.07) is 6.00. The molecule has 25 heavy (non-hydrogen) atoms. The molecule has 0 atom stereocenters. The van der Waals surface area contributed by atoms with Crippen molar-refractivity contribution >= 4 is 5.91 Å².